The second-order valence-corrected chi connectivity index (χ2v) is 5.78. The van der Waals surface area contributed by atoms with Crippen molar-refractivity contribution < 1.29 is 13.2 Å². The van der Waals surface area contributed by atoms with Crippen LogP contribution in [0.3, 0.4) is 0 Å². The molecule has 1 atom stereocenters. The molecule has 0 aliphatic carbocycles. The summed E-state index contributed by atoms with van der Waals surface area (Å²) < 4.78 is 26.2. The Morgan fingerprint density at radius 3 is 2.72 bits per heavy atom. The van der Waals surface area contributed by atoms with E-state index in [4.69, 9.17) is 0 Å². The third-order valence-electron chi connectivity index (χ3n) is 2.80. The van der Waals surface area contributed by atoms with E-state index in [0.29, 0.717) is 13.0 Å². The van der Waals surface area contributed by atoms with Gasteiger partial charge < -0.3 is 9.88 Å². The van der Waals surface area contributed by atoms with Gasteiger partial charge in [0.1, 0.15) is 10.9 Å². The molecule has 1 aromatic rings. The molecule has 2 rings (SSSR count). The standard InChI is InChI=1S/C10H13N3O4S/c1-13-5-3-7(10(13)15)12-18(16,17)9-6-11-4-2-8(9)14/h2,4,6-7,12H,3,5H2,1H3,(H,11,14). The fourth-order valence-corrected chi connectivity index (χ4v) is 3.07. The second kappa shape index (κ2) is 4.54. The number of sulfonamides is 1. The Bertz CT molecular complexity index is 622. The Morgan fingerprint density at radius 1 is 1.44 bits per heavy atom. The lowest BCUT2D eigenvalue weighted by molar-refractivity contribution is -0.127. The van der Waals surface area contributed by atoms with Crippen LogP contribution >= 0.6 is 0 Å². The van der Waals surface area contributed by atoms with E-state index in [-0.39, 0.29) is 10.8 Å². The molecule has 1 fully saturated rings. The number of hydrogen-bond acceptors (Lipinski definition) is 4. The number of hydrogen-bond donors (Lipinski definition) is 2. The molecule has 2 N–H and O–H groups in total. The molecular formula is C10H13N3O4S. The molecule has 1 saturated heterocycles. The number of carbonyl (C=O) groups is 1. The summed E-state index contributed by atoms with van der Waals surface area (Å²) in [5.41, 5.74) is -0.611. The Morgan fingerprint density at radius 2 is 2.17 bits per heavy atom. The zero-order valence-corrected chi connectivity index (χ0v) is 10.5. The number of aromatic amines is 1. The quantitative estimate of drug-likeness (QED) is 0.727. The minimum atomic E-state index is -3.97. The van der Waals surface area contributed by atoms with E-state index >= 15 is 0 Å². The molecule has 1 amide bonds. The molecule has 1 aliphatic heterocycles. The van der Waals surface area contributed by atoms with E-state index in [2.05, 4.69) is 9.71 Å². The van der Waals surface area contributed by atoms with Crippen molar-refractivity contribution in [3.8, 4) is 0 Å². The van der Waals surface area contributed by atoms with Gasteiger partial charge in [0.25, 0.3) is 0 Å². The number of amides is 1. The summed E-state index contributed by atoms with van der Waals surface area (Å²) in [5, 5.41) is 0. The number of nitrogens with zero attached hydrogens (tertiary/aromatic N) is 1. The molecule has 2 heterocycles. The lowest BCUT2D eigenvalue weighted by Gasteiger charge is -2.12. The smallest absolute Gasteiger partial charge is 0.246 e. The highest BCUT2D eigenvalue weighted by Gasteiger charge is 2.33. The van der Waals surface area contributed by atoms with Gasteiger partial charge in [0.05, 0.1) is 0 Å². The van der Waals surface area contributed by atoms with Gasteiger partial charge in [0.2, 0.25) is 21.4 Å². The van der Waals surface area contributed by atoms with Gasteiger partial charge in [-0.25, -0.2) is 8.42 Å². The molecule has 98 valence electrons. The van der Waals surface area contributed by atoms with Gasteiger partial charge in [-0.1, -0.05) is 0 Å². The second-order valence-electron chi connectivity index (χ2n) is 4.10. The van der Waals surface area contributed by atoms with Gasteiger partial charge >= 0.3 is 0 Å². The zero-order chi connectivity index (χ0) is 13.3. The van der Waals surface area contributed by atoms with Crippen LogP contribution in [0.4, 0.5) is 0 Å². The fourth-order valence-electron chi connectivity index (χ4n) is 1.79. The number of likely N-dealkylation sites (tertiary alicyclic amines) is 1. The van der Waals surface area contributed by atoms with Crippen molar-refractivity contribution in [2.75, 3.05) is 13.6 Å². The summed E-state index contributed by atoms with van der Waals surface area (Å²) in [6.45, 7) is 0.497. The summed E-state index contributed by atoms with van der Waals surface area (Å²) in [7, 11) is -2.37. The van der Waals surface area contributed by atoms with Gasteiger partial charge in [-0.3, -0.25) is 9.59 Å². The third kappa shape index (κ3) is 2.29. The van der Waals surface area contributed by atoms with E-state index < -0.39 is 21.5 Å². The lowest BCUT2D eigenvalue weighted by atomic mass is 10.3. The molecule has 0 radical (unpaired) electrons. The van der Waals surface area contributed by atoms with Crippen molar-refractivity contribution >= 4 is 15.9 Å². The number of aromatic nitrogens is 1. The summed E-state index contributed by atoms with van der Waals surface area (Å²) in [4.78, 5) is 26.7. The molecule has 0 spiro atoms. The van der Waals surface area contributed by atoms with E-state index in [1.165, 1.54) is 11.1 Å². The minimum absolute atomic E-state index is 0.286. The predicted molar refractivity (Wildman–Crippen MR) is 63.4 cm³/mol. The van der Waals surface area contributed by atoms with Crippen molar-refractivity contribution in [1.82, 2.24) is 14.6 Å². The Labute approximate surface area is 104 Å². The van der Waals surface area contributed by atoms with Crippen LogP contribution < -0.4 is 10.2 Å². The first-order valence-corrected chi connectivity index (χ1v) is 6.84. The molecule has 0 bridgehead atoms. The van der Waals surface area contributed by atoms with Crippen molar-refractivity contribution in [3.63, 3.8) is 0 Å². The molecule has 7 nitrogen and oxygen atoms in total. The van der Waals surface area contributed by atoms with Gasteiger partial charge in [-0.05, 0) is 6.42 Å². The maximum atomic E-state index is 12.0. The normalized spacial score (nSPS) is 20.4. The van der Waals surface area contributed by atoms with Crippen LogP contribution in [0.25, 0.3) is 0 Å². The molecule has 0 aromatic carbocycles. The van der Waals surface area contributed by atoms with E-state index in [0.717, 1.165) is 12.3 Å². The number of pyridine rings is 1. The summed E-state index contributed by atoms with van der Waals surface area (Å²) in [6.07, 6.45) is 2.85. The van der Waals surface area contributed by atoms with Crippen molar-refractivity contribution in [3.05, 3.63) is 28.7 Å². The fraction of sp³-hybridized carbons (Fsp3) is 0.400. The van der Waals surface area contributed by atoms with Crippen LogP contribution in [-0.2, 0) is 14.8 Å². The van der Waals surface area contributed by atoms with E-state index in [1.807, 2.05) is 0 Å². The van der Waals surface area contributed by atoms with Crippen LogP contribution in [0.5, 0.6) is 0 Å². The molecule has 0 saturated carbocycles. The number of H-pyrrole nitrogens is 1. The third-order valence-corrected chi connectivity index (χ3v) is 4.30. The SMILES string of the molecule is CN1CCC(NS(=O)(=O)c2c[nH]ccc2=O)C1=O. The van der Waals surface area contributed by atoms with Crippen LogP contribution in [0.15, 0.2) is 28.2 Å². The van der Waals surface area contributed by atoms with Gasteiger partial charge in [-0.2, -0.15) is 4.72 Å². The highest BCUT2D eigenvalue weighted by Crippen LogP contribution is 2.11. The Balaban J connectivity index is 2.27. The van der Waals surface area contributed by atoms with Crippen LogP contribution in [-0.4, -0.2) is 43.8 Å². The Kier molecular flexibility index (Phi) is 3.22. The molecule has 1 aromatic heterocycles. The summed E-state index contributed by atoms with van der Waals surface area (Å²) >= 11 is 0. The molecule has 18 heavy (non-hydrogen) atoms. The lowest BCUT2D eigenvalue weighted by Crippen LogP contribution is -2.41. The van der Waals surface area contributed by atoms with Crippen LogP contribution in [0.2, 0.25) is 0 Å². The number of carbonyl (C=O) groups excluding carboxylic acids is 1. The van der Waals surface area contributed by atoms with Crippen molar-refractivity contribution in [2.24, 2.45) is 0 Å². The molecule has 1 aliphatic rings. The van der Waals surface area contributed by atoms with Crippen molar-refractivity contribution in [2.45, 2.75) is 17.4 Å². The molecular weight excluding hydrogens is 258 g/mol. The van der Waals surface area contributed by atoms with Gasteiger partial charge in [0.15, 0.2) is 0 Å². The summed E-state index contributed by atoms with van der Waals surface area (Å²) in [6, 6.07) is 0.330. The minimum Gasteiger partial charge on any atom is -0.366 e. The zero-order valence-electron chi connectivity index (χ0n) is 9.71. The average Bonchev–Trinajstić information content (AvgIpc) is 2.61. The maximum absolute atomic E-state index is 12.0. The maximum Gasteiger partial charge on any atom is 0.246 e. The largest absolute Gasteiger partial charge is 0.366 e. The first-order chi connectivity index (χ1) is 8.42. The van der Waals surface area contributed by atoms with E-state index in [1.54, 1.807) is 7.05 Å². The topological polar surface area (TPSA) is 99.3 Å². The monoisotopic (exact) mass is 271 g/mol. The molecule has 1 unspecified atom stereocenters. The first-order valence-electron chi connectivity index (χ1n) is 5.36. The first kappa shape index (κ1) is 12.8. The number of nitrogens with one attached hydrogen (secondary N) is 2. The number of likely N-dealkylation sites (N-methyl/N-ethyl adjacent to an activating group) is 1. The summed E-state index contributed by atoms with van der Waals surface area (Å²) in [5.74, 6) is -0.286. The average molecular weight is 271 g/mol. The van der Waals surface area contributed by atoms with Gasteiger partial charge in [0, 0.05) is 32.1 Å². The van der Waals surface area contributed by atoms with Gasteiger partial charge in [-0.15, -0.1) is 0 Å². The van der Waals surface area contributed by atoms with Crippen LogP contribution in [0, 0.1) is 0 Å². The molecule has 8 heteroatoms. The predicted octanol–water partition coefficient (Wildman–Crippen LogP) is -1.12. The highest BCUT2D eigenvalue weighted by molar-refractivity contribution is 7.89. The van der Waals surface area contributed by atoms with Crippen LogP contribution in [0.1, 0.15) is 6.42 Å². The van der Waals surface area contributed by atoms with E-state index in [9.17, 15) is 18.0 Å². The van der Waals surface area contributed by atoms with Crippen molar-refractivity contribution in [1.29, 1.82) is 0 Å². The Hall–Kier alpha value is -1.67. The highest BCUT2D eigenvalue weighted by atomic mass is 32.2. The number of rotatable bonds is 3.